The van der Waals surface area contributed by atoms with Crippen LogP contribution >= 0.6 is 22.6 Å². The van der Waals surface area contributed by atoms with Gasteiger partial charge >= 0.3 is 12.1 Å². The van der Waals surface area contributed by atoms with Crippen molar-refractivity contribution >= 4 is 39.5 Å². The van der Waals surface area contributed by atoms with Crippen LogP contribution in [0.2, 0.25) is 0 Å². The predicted molar refractivity (Wildman–Crippen MR) is 127 cm³/mol. The van der Waals surface area contributed by atoms with Crippen LogP contribution in [0.15, 0.2) is 75.9 Å². The number of benzene rings is 3. The van der Waals surface area contributed by atoms with Crippen molar-refractivity contribution in [3.8, 4) is 17.2 Å². The molecule has 0 saturated heterocycles. The fraction of sp³-hybridized carbons (Fsp3) is 0.120. The summed E-state index contributed by atoms with van der Waals surface area (Å²) in [4.78, 5) is 25.4. The fourth-order valence-electron chi connectivity index (χ4n) is 3.20. The third kappa shape index (κ3) is 4.93. The SMILES string of the molecule is CCc1ccc(Oc2c(C(F)(F)F)oc3cc(OC(=O)c4ccccc4I)ccc3c2=O)cc1. The molecule has 9 heteroatoms. The van der Waals surface area contributed by atoms with E-state index in [1.165, 1.54) is 24.3 Å². The first-order chi connectivity index (χ1) is 16.2. The highest BCUT2D eigenvalue weighted by Crippen LogP contribution is 2.38. The number of carbonyl (C=O) groups excluding carboxylic acids is 1. The third-order valence-corrected chi connectivity index (χ3v) is 5.88. The number of alkyl halides is 3. The average molecular weight is 580 g/mol. The zero-order valence-corrected chi connectivity index (χ0v) is 19.8. The maximum absolute atomic E-state index is 13.8. The summed E-state index contributed by atoms with van der Waals surface area (Å²) < 4.78 is 57.6. The Labute approximate surface area is 205 Å². The molecule has 0 atom stereocenters. The van der Waals surface area contributed by atoms with E-state index in [1.54, 1.807) is 36.4 Å². The van der Waals surface area contributed by atoms with E-state index in [-0.39, 0.29) is 22.5 Å². The van der Waals surface area contributed by atoms with Gasteiger partial charge in [-0.15, -0.1) is 0 Å². The smallest absolute Gasteiger partial charge is 0.449 e. The molecule has 0 fully saturated rings. The van der Waals surface area contributed by atoms with Crippen LogP contribution in [-0.4, -0.2) is 5.97 Å². The highest BCUT2D eigenvalue weighted by Gasteiger charge is 2.40. The van der Waals surface area contributed by atoms with E-state index in [4.69, 9.17) is 13.9 Å². The summed E-state index contributed by atoms with van der Waals surface area (Å²) >= 11 is 1.97. The van der Waals surface area contributed by atoms with Crippen LogP contribution in [0.1, 0.15) is 28.6 Å². The van der Waals surface area contributed by atoms with Crippen molar-refractivity contribution in [1.29, 1.82) is 0 Å². The van der Waals surface area contributed by atoms with E-state index in [9.17, 15) is 22.8 Å². The lowest BCUT2D eigenvalue weighted by Gasteiger charge is -2.14. The monoisotopic (exact) mass is 580 g/mol. The van der Waals surface area contributed by atoms with Gasteiger partial charge in [0.2, 0.25) is 11.2 Å². The summed E-state index contributed by atoms with van der Waals surface area (Å²) in [6.07, 6.45) is -4.26. The number of halogens is 4. The minimum atomic E-state index is -5.00. The van der Waals surface area contributed by atoms with Crippen LogP contribution in [0.5, 0.6) is 17.2 Å². The van der Waals surface area contributed by atoms with Crippen molar-refractivity contribution in [2.75, 3.05) is 0 Å². The topological polar surface area (TPSA) is 65.7 Å². The van der Waals surface area contributed by atoms with Crippen molar-refractivity contribution in [2.45, 2.75) is 19.5 Å². The Morgan fingerprint density at radius 1 is 1.00 bits per heavy atom. The van der Waals surface area contributed by atoms with Crippen molar-refractivity contribution in [3.63, 3.8) is 0 Å². The molecule has 1 aromatic heterocycles. The molecule has 0 aliphatic rings. The molecule has 0 unspecified atom stereocenters. The first kappa shape index (κ1) is 23.8. The molecule has 5 nitrogen and oxygen atoms in total. The van der Waals surface area contributed by atoms with Crippen LogP contribution in [-0.2, 0) is 12.6 Å². The Bertz CT molecular complexity index is 1430. The predicted octanol–water partition coefficient (Wildman–Crippen LogP) is 6.99. The zero-order valence-electron chi connectivity index (χ0n) is 17.6. The van der Waals surface area contributed by atoms with Gasteiger partial charge in [0.05, 0.1) is 10.9 Å². The number of ether oxygens (including phenoxy) is 2. The first-order valence-corrected chi connectivity index (χ1v) is 11.2. The molecule has 0 aliphatic carbocycles. The Balaban J connectivity index is 1.74. The van der Waals surface area contributed by atoms with Gasteiger partial charge in [0, 0.05) is 9.64 Å². The lowest BCUT2D eigenvalue weighted by molar-refractivity contribution is -0.154. The molecule has 0 radical (unpaired) electrons. The molecule has 0 amide bonds. The van der Waals surface area contributed by atoms with Crippen molar-refractivity contribution in [1.82, 2.24) is 0 Å². The molecule has 4 rings (SSSR count). The van der Waals surface area contributed by atoms with Crippen LogP contribution in [0.4, 0.5) is 13.2 Å². The maximum atomic E-state index is 13.8. The molecule has 3 aromatic carbocycles. The molecule has 4 aromatic rings. The van der Waals surface area contributed by atoms with E-state index in [0.29, 0.717) is 9.13 Å². The number of fused-ring (bicyclic) bond motifs is 1. The van der Waals surface area contributed by atoms with Crippen LogP contribution < -0.4 is 14.9 Å². The van der Waals surface area contributed by atoms with E-state index in [2.05, 4.69) is 0 Å². The van der Waals surface area contributed by atoms with Crippen molar-refractivity contribution < 1.29 is 31.9 Å². The third-order valence-electron chi connectivity index (χ3n) is 4.94. The van der Waals surface area contributed by atoms with Gasteiger partial charge in [-0.1, -0.05) is 31.2 Å². The van der Waals surface area contributed by atoms with Gasteiger partial charge in [-0.05, 0) is 71.0 Å². The Morgan fingerprint density at radius 2 is 1.68 bits per heavy atom. The van der Waals surface area contributed by atoms with Gasteiger partial charge in [0.1, 0.15) is 17.1 Å². The summed E-state index contributed by atoms with van der Waals surface area (Å²) in [7, 11) is 0. The molecule has 34 heavy (non-hydrogen) atoms. The summed E-state index contributed by atoms with van der Waals surface area (Å²) in [6, 6.07) is 16.6. The normalized spacial score (nSPS) is 11.4. The second kappa shape index (κ2) is 9.49. The molecule has 0 bridgehead atoms. The molecule has 0 spiro atoms. The van der Waals surface area contributed by atoms with Crippen LogP contribution in [0.25, 0.3) is 11.0 Å². The maximum Gasteiger partial charge on any atom is 0.453 e. The summed E-state index contributed by atoms with van der Waals surface area (Å²) in [5.74, 6) is -3.24. The summed E-state index contributed by atoms with van der Waals surface area (Å²) in [5, 5.41) is -0.151. The van der Waals surface area contributed by atoms with Crippen LogP contribution in [0, 0.1) is 3.57 Å². The van der Waals surface area contributed by atoms with Gasteiger partial charge in [-0.2, -0.15) is 13.2 Å². The lowest BCUT2D eigenvalue weighted by atomic mass is 10.1. The standard InChI is InChI=1S/C25H16F3IO5/c1-2-14-7-9-15(10-8-14)32-22-21(30)18-12-11-16(13-20(18)34-23(22)25(26,27)28)33-24(31)17-5-3-4-6-19(17)29/h3-13H,2H2,1H3. The van der Waals surface area contributed by atoms with E-state index in [1.807, 2.05) is 29.5 Å². The lowest BCUT2D eigenvalue weighted by Crippen LogP contribution is -2.16. The second-order valence-electron chi connectivity index (χ2n) is 7.21. The molecule has 1 heterocycles. The minimum Gasteiger partial charge on any atom is -0.449 e. The number of esters is 1. The quantitative estimate of drug-likeness (QED) is 0.145. The van der Waals surface area contributed by atoms with Gasteiger partial charge in [0.15, 0.2) is 0 Å². The molecule has 0 N–H and O–H groups in total. The number of aryl methyl sites for hydroxylation is 1. The van der Waals surface area contributed by atoms with Gasteiger partial charge in [-0.25, -0.2) is 4.79 Å². The highest BCUT2D eigenvalue weighted by molar-refractivity contribution is 14.1. The summed E-state index contributed by atoms with van der Waals surface area (Å²) in [6.45, 7) is 1.93. The fourth-order valence-corrected chi connectivity index (χ4v) is 3.81. The zero-order chi connectivity index (χ0) is 24.5. The van der Waals surface area contributed by atoms with Crippen molar-refractivity contribution in [2.24, 2.45) is 0 Å². The molecule has 0 aliphatic heterocycles. The van der Waals surface area contributed by atoms with Crippen molar-refractivity contribution in [3.05, 3.63) is 97.4 Å². The first-order valence-electron chi connectivity index (χ1n) is 10.1. The Kier molecular flexibility index (Phi) is 6.65. The number of hydrogen-bond acceptors (Lipinski definition) is 5. The second-order valence-corrected chi connectivity index (χ2v) is 8.38. The number of rotatable bonds is 5. The minimum absolute atomic E-state index is 0.0670. The molecule has 0 saturated carbocycles. The Hall–Kier alpha value is -3.34. The molecular formula is C25H16F3IO5. The molecular weight excluding hydrogens is 564 g/mol. The van der Waals surface area contributed by atoms with E-state index >= 15 is 0 Å². The van der Waals surface area contributed by atoms with Gasteiger partial charge in [-0.3, -0.25) is 4.79 Å². The number of carbonyl (C=O) groups is 1. The average Bonchev–Trinajstić information content (AvgIpc) is 2.80. The Morgan fingerprint density at radius 3 is 2.32 bits per heavy atom. The summed E-state index contributed by atoms with van der Waals surface area (Å²) in [5.41, 5.74) is -0.137. The van der Waals surface area contributed by atoms with E-state index in [0.717, 1.165) is 18.1 Å². The largest absolute Gasteiger partial charge is 0.453 e. The number of hydrogen-bond donors (Lipinski definition) is 0. The van der Waals surface area contributed by atoms with E-state index < -0.39 is 29.1 Å². The van der Waals surface area contributed by atoms with Gasteiger partial charge < -0.3 is 13.9 Å². The van der Waals surface area contributed by atoms with Crippen LogP contribution in [0.3, 0.4) is 0 Å². The molecule has 174 valence electrons. The highest BCUT2D eigenvalue weighted by atomic mass is 127. The van der Waals surface area contributed by atoms with Gasteiger partial charge in [0.25, 0.3) is 5.76 Å².